The summed E-state index contributed by atoms with van der Waals surface area (Å²) in [5.74, 6) is 0. The molecule has 0 aromatic heterocycles. The van der Waals surface area contributed by atoms with Crippen LogP contribution in [0.5, 0.6) is 0 Å². The van der Waals surface area contributed by atoms with Gasteiger partial charge in [-0.25, -0.2) is 4.79 Å². The number of urea groups is 1. The van der Waals surface area contributed by atoms with Crippen molar-refractivity contribution < 1.29 is 14.8 Å². The molecule has 0 bridgehead atoms. The van der Waals surface area contributed by atoms with Crippen LogP contribution >= 0.6 is 0 Å². The van der Waals surface area contributed by atoms with E-state index in [0.29, 0.717) is 18.7 Å². The normalized spacial score (nSPS) is 14.3. The predicted octanol–water partition coefficient (Wildman–Crippen LogP) is 2.36. The predicted molar refractivity (Wildman–Crippen MR) is 78.2 cm³/mol. The molecule has 0 atom stereocenters. The van der Waals surface area contributed by atoms with E-state index in [1.807, 2.05) is 0 Å². The summed E-state index contributed by atoms with van der Waals surface area (Å²) in [5.41, 5.74) is 0.348. The first-order valence-electron chi connectivity index (χ1n) is 7.05. The van der Waals surface area contributed by atoms with Gasteiger partial charge in [0.25, 0.3) is 5.69 Å². The molecule has 1 aliphatic rings. The second-order valence-corrected chi connectivity index (χ2v) is 5.09. The number of carbonyl (C=O) groups is 1. The lowest BCUT2D eigenvalue weighted by atomic mass is 9.91. The zero-order valence-electron chi connectivity index (χ0n) is 11.7. The summed E-state index contributed by atoms with van der Waals surface area (Å²) < 4.78 is 0. The molecule has 1 aliphatic carbocycles. The first kappa shape index (κ1) is 15.2. The van der Waals surface area contributed by atoms with Crippen LogP contribution in [0.15, 0.2) is 24.3 Å². The van der Waals surface area contributed by atoms with Crippen molar-refractivity contribution in [3.63, 3.8) is 0 Å². The Kier molecular flexibility index (Phi) is 5.10. The third-order valence-electron chi connectivity index (χ3n) is 3.64. The Morgan fingerprint density at radius 1 is 1.48 bits per heavy atom. The summed E-state index contributed by atoms with van der Waals surface area (Å²) in [6, 6.07) is 5.81. The fourth-order valence-corrected chi connectivity index (χ4v) is 2.28. The Bertz CT molecular complexity index is 517. The smallest absolute Gasteiger partial charge is 0.322 e. The molecule has 0 spiro atoms. The second kappa shape index (κ2) is 7.03. The Balaban J connectivity index is 2.03. The summed E-state index contributed by atoms with van der Waals surface area (Å²) in [7, 11) is 0. The molecule has 0 heterocycles. The summed E-state index contributed by atoms with van der Waals surface area (Å²) >= 11 is 0. The van der Waals surface area contributed by atoms with E-state index < -0.39 is 4.92 Å². The molecule has 7 heteroatoms. The van der Waals surface area contributed by atoms with Gasteiger partial charge in [0.05, 0.1) is 4.92 Å². The molecule has 2 rings (SSSR count). The zero-order chi connectivity index (χ0) is 15.2. The lowest BCUT2D eigenvalue weighted by molar-refractivity contribution is -0.384. The van der Waals surface area contributed by atoms with Crippen molar-refractivity contribution in [1.29, 1.82) is 0 Å². The van der Waals surface area contributed by atoms with Crippen LogP contribution in [0.2, 0.25) is 0 Å². The zero-order valence-corrected chi connectivity index (χ0v) is 11.7. The molecule has 0 aliphatic heterocycles. The molecule has 21 heavy (non-hydrogen) atoms. The highest BCUT2D eigenvalue weighted by Gasteiger charge is 2.28. The SMILES string of the molecule is O=C(Nc1cccc([N+](=O)[O-])c1)N(CCCO)C1CCC1. The van der Waals surface area contributed by atoms with E-state index in [4.69, 9.17) is 5.11 Å². The van der Waals surface area contributed by atoms with E-state index in [0.717, 1.165) is 19.3 Å². The van der Waals surface area contributed by atoms with Gasteiger partial charge >= 0.3 is 6.03 Å². The molecular formula is C14H19N3O4. The number of aliphatic hydroxyl groups is 1. The average Bonchev–Trinajstić information content (AvgIpc) is 2.41. The monoisotopic (exact) mass is 293 g/mol. The lowest BCUT2D eigenvalue weighted by Crippen LogP contribution is -2.46. The van der Waals surface area contributed by atoms with Gasteiger partial charge in [0.2, 0.25) is 0 Å². The minimum Gasteiger partial charge on any atom is -0.396 e. The number of benzene rings is 1. The molecule has 2 N–H and O–H groups in total. The maximum absolute atomic E-state index is 12.3. The molecule has 114 valence electrons. The number of anilines is 1. The fourth-order valence-electron chi connectivity index (χ4n) is 2.28. The van der Waals surface area contributed by atoms with E-state index in [1.54, 1.807) is 11.0 Å². The number of hydrogen-bond donors (Lipinski definition) is 2. The molecule has 1 aromatic rings. The number of non-ortho nitro benzene ring substituents is 1. The van der Waals surface area contributed by atoms with Crippen molar-refractivity contribution in [3.8, 4) is 0 Å². The topological polar surface area (TPSA) is 95.7 Å². The minimum atomic E-state index is -0.495. The summed E-state index contributed by atoms with van der Waals surface area (Å²) in [4.78, 5) is 24.2. The van der Waals surface area contributed by atoms with Crippen LogP contribution in [0.1, 0.15) is 25.7 Å². The number of nitrogens with one attached hydrogen (secondary N) is 1. The van der Waals surface area contributed by atoms with Crippen molar-refractivity contribution in [2.45, 2.75) is 31.7 Å². The number of carbonyl (C=O) groups excluding carboxylic acids is 1. The average molecular weight is 293 g/mol. The molecule has 2 amide bonds. The Labute approximate surface area is 122 Å². The van der Waals surface area contributed by atoms with Gasteiger partial charge in [0, 0.05) is 37.0 Å². The fraction of sp³-hybridized carbons (Fsp3) is 0.500. The number of nitrogens with zero attached hydrogens (tertiary/aromatic N) is 2. The van der Waals surface area contributed by atoms with Crippen LogP contribution in [-0.4, -0.2) is 40.2 Å². The van der Waals surface area contributed by atoms with Crippen molar-refractivity contribution in [3.05, 3.63) is 34.4 Å². The van der Waals surface area contributed by atoms with Gasteiger partial charge < -0.3 is 15.3 Å². The maximum atomic E-state index is 12.3. The number of amides is 2. The number of hydrogen-bond acceptors (Lipinski definition) is 4. The van der Waals surface area contributed by atoms with Crippen molar-refractivity contribution in [2.24, 2.45) is 0 Å². The minimum absolute atomic E-state index is 0.0350. The van der Waals surface area contributed by atoms with Gasteiger partial charge in [-0.15, -0.1) is 0 Å². The third kappa shape index (κ3) is 3.91. The Hall–Kier alpha value is -2.15. The highest BCUT2D eigenvalue weighted by atomic mass is 16.6. The van der Waals surface area contributed by atoms with Gasteiger partial charge in [0.15, 0.2) is 0 Å². The molecule has 1 fully saturated rings. The summed E-state index contributed by atoms with van der Waals surface area (Å²) in [6.07, 6.45) is 3.56. The largest absolute Gasteiger partial charge is 0.396 e. The lowest BCUT2D eigenvalue weighted by Gasteiger charge is -2.37. The first-order valence-corrected chi connectivity index (χ1v) is 7.05. The van der Waals surface area contributed by atoms with E-state index in [9.17, 15) is 14.9 Å². The van der Waals surface area contributed by atoms with Crippen LogP contribution < -0.4 is 5.32 Å². The quantitative estimate of drug-likeness (QED) is 0.621. The van der Waals surface area contributed by atoms with Crippen LogP contribution in [0.25, 0.3) is 0 Å². The molecular weight excluding hydrogens is 274 g/mol. The van der Waals surface area contributed by atoms with Crippen LogP contribution in [-0.2, 0) is 0 Å². The van der Waals surface area contributed by atoms with E-state index >= 15 is 0 Å². The molecule has 0 radical (unpaired) electrons. The number of aliphatic hydroxyl groups excluding tert-OH is 1. The molecule has 0 unspecified atom stereocenters. The van der Waals surface area contributed by atoms with Crippen molar-refractivity contribution >= 4 is 17.4 Å². The Morgan fingerprint density at radius 2 is 2.24 bits per heavy atom. The molecule has 1 saturated carbocycles. The van der Waals surface area contributed by atoms with Crippen molar-refractivity contribution in [2.75, 3.05) is 18.5 Å². The van der Waals surface area contributed by atoms with E-state index in [1.165, 1.54) is 18.2 Å². The van der Waals surface area contributed by atoms with E-state index in [-0.39, 0.29) is 24.4 Å². The summed E-state index contributed by atoms with van der Waals surface area (Å²) in [6.45, 7) is 0.523. The van der Waals surface area contributed by atoms with Gasteiger partial charge in [-0.1, -0.05) is 6.07 Å². The number of rotatable bonds is 6. The van der Waals surface area contributed by atoms with Crippen LogP contribution in [0.3, 0.4) is 0 Å². The Morgan fingerprint density at radius 3 is 2.81 bits per heavy atom. The second-order valence-electron chi connectivity index (χ2n) is 5.09. The number of nitro benzene ring substituents is 1. The third-order valence-corrected chi connectivity index (χ3v) is 3.64. The molecule has 0 saturated heterocycles. The standard InChI is InChI=1S/C14H19N3O4/c18-9-3-8-16(12-5-2-6-12)14(19)15-11-4-1-7-13(10-11)17(20)21/h1,4,7,10,12,18H,2-3,5-6,8-9H2,(H,15,19). The molecule has 1 aromatic carbocycles. The summed E-state index contributed by atoms with van der Waals surface area (Å²) in [5, 5.41) is 22.4. The highest BCUT2D eigenvalue weighted by molar-refractivity contribution is 5.90. The van der Waals surface area contributed by atoms with E-state index in [2.05, 4.69) is 5.32 Å². The molecule has 7 nitrogen and oxygen atoms in total. The maximum Gasteiger partial charge on any atom is 0.322 e. The van der Waals surface area contributed by atoms with Crippen molar-refractivity contribution in [1.82, 2.24) is 4.90 Å². The van der Waals surface area contributed by atoms with Crippen LogP contribution in [0.4, 0.5) is 16.2 Å². The van der Waals surface area contributed by atoms with Gasteiger partial charge in [-0.2, -0.15) is 0 Å². The van der Waals surface area contributed by atoms with Gasteiger partial charge in [-0.3, -0.25) is 10.1 Å². The van der Waals surface area contributed by atoms with Gasteiger partial charge in [0.1, 0.15) is 0 Å². The number of nitro groups is 1. The van der Waals surface area contributed by atoms with Gasteiger partial charge in [-0.05, 0) is 31.7 Å². The first-order chi connectivity index (χ1) is 10.1. The highest BCUT2D eigenvalue weighted by Crippen LogP contribution is 2.26. The van der Waals surface area contributed by atoms with Crippen LogP contribution in [0, 0.1) is 10.1 Å².